The van der Waals surface area contributed by atoms with Gasteiger partial charge in [0.15, 0.2) is 5.69 Å². The van der Waals surface area contributed by atoms with Gasteiger partial charge in [-0.25, -0.2) is 4.39 Å². The SMILES string of the molecule is Cc1cc(C(=O)N2CCN(Cc3ccccc3F)CC2)nn1C. The van der Waals surface area contributed by atoms with Gasteiger partial charge in [-0.15, -0.1) is 0 Å². The van der Waals surface area contributed by atoms with Crippen molar-refractivity contribution in [2.24, 2.45) is 7.05 Å². The van der Waals surface area contributed by atoms with Crippen molar-refractivity contribution in [1.82, 2.24) is 19.6 Å². The summed E-state index contributed by atoms with van der Waals surface area (Å²) in [4.78, 5) is 16.4. The van der Waals surface area contributed by atoms with Crippen molar-refractivity contribution in [3.63, 3.8) is 0 Å². The molecule has 0 unspecified atom stereocenters. The van der Waals surface area contributed by atoms with Crippen LogP contribution in [0.3, 0.4) is 0 Å². The zero-order valence-corrected chi connectivity index (χ0v) is 13.5. The van der Waals surface area contributed by atoms with Crippen molar-refractivity contribution in [3.05, 3.63) is 53.1 Å². The lowest BCUT2D eigenvalue weighted by Gasteiger charge is -2.34. The van der Waals surface area contributed by atoms with Crippen LogP contribution >= 0.6 is 0 Å². The van der Waals surface area contributed by atoms with Gasteiger partial charge >= 0.3 is 0 Å². The van der Waals surface area contributed by atoms with Crippen molar-refractivity contribution >= 4 is 5.91 Å². The molecule has 1 aromatic carbocycles. The third kappa shape index (κ3) is 3.42. The summed E-state index contributed by atoms with van der Waals surface area (Å²) < 4.78 is 15.4. The van der Waals surface area contributed by atoms with Gasteiger partial charge in [0.25, 0.3) is 5.91 Å². The Balaban J connectivity index is 1.58. The molecular formula is C17H21FN4O. The second-order valence-corrected chi connectivity index (χ2v) is 5.95. The standard InChI is InChI=1S/C17H21FN4O/c1-13-11-16(19-20(13)2)17(23)22-9-7-21(8-10-22)12-14-5-3-4-6-15(14)18/h3-6,11H,7-10,12H2,1-2H3. The summed E-state index contributed by atoms with van der Waals surface area (Å²) in [7, 11) is 1.83. The average molecular weight is 316 g/mol. The number of benzene rings is 1. The van der Waals surface area contributed by atoms with Crippen molar-refractivity contribution in [3.8, 4) is 0 Å². The number of aromatic nitrogens is 2. The summed E-state index contributed by atoms with van der Waals surface area (Å²) >= 11 is 0. The molecule has 1 aromatic heterocycles. The molecule has 1 fully saturated rings. The van der Waals surface area contributed by atoms with Crippen molar-refractivity contribution < 1.29 is 9.18 Å². The first-order valence-electron chi connectivity index (χ1n) is 7.80. The highest BCUT2D eigenvalue weighted by Crippen LogP contribution is 2.13. The summed E-state index contributed by atoms with van der Waals surface area (Å²) in [6.45, 7) is 5.27. The summed E-state index contributed by atoms with van der Waals surface area (Å²) in [5.41, 5.74) is 2.16. The van der Waals surface area contributed by atoms with Crippen LogP contribution in [0.25, 0.3) is 0 Å². The molecule has 3 rings (SSSR count). The average Bonchev–Trinajstić information content (AvgIpc) is 2.89. The lowest BCUT2D eigenvalue weighted by Crippen LogP contribution is -2.48. The minimum absolute atomic E-state index is 0.0285. The monoisotopic (exact) mass is 316 g/mol. The molecular weight excluding hydrogens is 295 g/mol. The molecule has 1 amide bonds. The van der Waals surface area contributed by atoms with E-state index in [1.54, 1.807) is 10.7 Å². The highest BCUT2D eigenvalue weighted by molar-refractivity contribution is 5.92. The number of carbonyl (C=O) groups is 1. The number of halogens is 1. The normalized spacial score (nSPS) is 15.9. The predicted molar refractivity (Wildman–Crippen MR) is 85.5 cm³/mol. The molecule has 5 nitrogen and oxygen atoms in total. The van der Waals surface area contributed by atoms with Gasteiger partial charge in [0.1, 0.15) is 5.82 Å². The molecule has 122 valence electrons. The van der Waals surface area contributed by atoms with Gasteiger partial charge < -0.3 is 4.90 Å². The Morgan fingerprint density at radius 2 is 1.91 bits per heavy atom. The molecule has 0 N–H and O–H groups in total. The number of amides is 1. The highest BCUT2D eigenvalue weighted by Gasteiger charge is 2.24. The van der Waals surface area contributed by atoms with Gasteiger partial charge in [0.2, 0.25) is 0 Å². The fourth-order valence-corrected chi connectivity index (χ4v) is 2.80. The van der Waals surface area contributed by atoms with E-state index in [-0.39, 0.29) is 11.7 Å². The predicted octanol–water partition coefficient (Wildman–Crippen LogP) is 1.83. The molecule has 0 bridgehead atoms. The molecule has 6 heteroatoms. The Hall–Kier alpha value is -2.21. The first-order chi connectivity index (χ1) is 11.0. The van der Waals surface area contributed by atoms with Crippen LogP contribution in [-0.4, -0.2) is 51.7 Å². The lowest BCUT2D eigenvalue weighted by atomic mass is 10.2. The number of hydrogen-bond acceptors (Lipinski definition) is 3. The molecule has 1 aliphatic rings. The van der Waals surface area contributed by atoms with E-state index in [2.05, 4.69) is 10.00 Å². The van der Waals surface area contributed by atoms with Crippen LogP contribution in [0.4, 0.5) is 4.39 Å². The second-order valence-electron chi connectivity index (χ2n) is 5.95. The maximum absolute atomic E-state index is 13.7. The molecule has 0 aliphatic carbocycles. The molecule has 0 spiro atoms. The zero-order valence-electron chi connectivity index (χ0n) is 13.5. The van der Waals surface area contributed by atoms with Crippen LogP contribution in [0.2, 0.25) is 0 Å². The lowest BCUT2D eigenvalue weighted by molar-refractivity contribution is 0.0620. The van der Waals surface area contributed by atoms with E-state index in [1.807, 2.05) is 37.1 Å². The molecule has 2 heterocycles. The van der Waals surface area contributed by atoms with Crippen LogP contribution in [0.1, 0.15) is 21.7 Å². The molecule has 23 heavy (non-hydrogen) atoms. The van der Waals surface area contributed by atoms with E-state index in [1.165, 1.54) is 6.07 Å². The third-order valence-corrected chi connectivity index (χ3v) is 4.34. The van der Waals surface area contributed by atoms with Crippen LogP contribution in [0.5, 0.6) is 0 Å². The number of piperazine rings is 1. The third-order valence-electron chi connectivity index (χ3n) is 4.34. The van der Waals surface area contributed by atoms with E-state index in [4.69, 9.17) is 0 Å². The number of rotatable bonds is 3. The highest BCUT2D eigenvalue weighted by atomic mass is 19.1. The van der Waals surface area contributed by atoms with Gasteiger partial charge in [-0.05, 0) is 19.1 Å². The van der Waals surface area contributed by atoms with Crippen molar-refractivity contribution in [2.75, 3.05) is 26.2 Å². The Kier molecular flexibility index (Phi) is 4.43. The van der Waals surface area contributed by atoms with E-state index in [0.717, 1.165) is 18.8 Å². The Labute approximate surface area is 135 Å². The number of hydrogen-bond donors (Lipinski definition) is 0. The van der Waals surface area contributed by atoms with Gasteiger partial charge in [0.05, 0.1) is 0 Å². The Bertz CT molecular complexity index is 685. The molecule has 1 aliphatic heterocycles. The van der Waals surface area contributed by atoms with E-state index in [0.29, 0.717) is 30.9 Å². The first kappa shape index (κ1) is 15.7. The van der Waals surface area contributed by atoms with Crippen LogP contribution < -0.4 is 0 Å². The van der Waals surface area contributed by atoms with Crippen LogP contribution in [0, 0.1) is 12.7 Å². The van der Waals surface area contributed by atoms with Crippen LogP contribution in [-0.2, 0) is 13.6 Å². The fourth-order valence-electron chi connectivity index (χ4n) is 2.80. The summed E-state index contributed by atoms with van der Waals surface area (Å²) in [5.74, 6) is -0.200. The van der Waals surface area contributed by atoms with Crippen molar-refractivity contribution in [1.29, 1.82) is 0 Å². The largest absolute Gasteiger partial charge is 0.335 e. The van der Waals surface area contributed by atoms with Crippen molar-refractivity contribution in [2.45, 2.75) is 13.5 Å². The number of carbonyl (C=O) groups excluding carboxylic acids is 1. The fraction of sp³-hybridized carbons (Fsp3) is 0.412. The van der Waals surface area contributed by atoms with E-state index >= 15 is 0 Å². The quantitative estimate of drug-likeness (QED) is 0.867. The van der Waals surface area contributed by atoms with Gasteiger partial charge in [0, 0.05) is 51.0 Å². The van der Waals surface area contributed by atoms with E-state index in [9.17, 15) is 9.18 Å². The summed E-state index contributed by atoms with van der Waals surface area (Å²) in [6, 6.07) is 8.65. The van der Waals surface area contributed by atoms with Gasteiger partial charge in [-0.2, -0.15) is 5.10 Å². The van der Waals surface area contributed by atoms with Crippen LogP contribution in [0.15, 0.2) is 30.3 Å². The maximum atomic E-state index is 13.7. The molecule has 2 aromatic rings. The minimum Gasteiger partial charge on any atom is -0.335 e. The number of nitrogens with zero attached hydrogens (tertiary/aromatic N) is 4. The molecule has 1 saturated heterocycles. The number of aryl methyl sites for hydroxylation is 2. The molecule has 0 radical (unpaired) electrons. The first-order valence-corrected chi connectivity index (χ1v) is 7.80. The summed E-state index contributed by atoms with van der Waals surface area (Å²) in [6.07, 6.45) is 0. The second kappa shape index (κ2) is 6.50. The van der Waals surface area contributed by atoms with E-state index < -0.39 is 0 Å². The zero-order chi connectivity index (χ0) is 16.4. The topological polar surface area (TPSA) is 41.4 Å². The smallest absolute Gasteiger partial charge is 0.274 e. The summed E-state index contributed by atoms with van der Waals surface area (Å²) in [5, 5.41) is 4.25. The minimum atomic E-state index is -0.171. The Morgan fingerprint density at radius 3 is 2.52 bits per heavy atom. The molecule has 0 saturated carbocycles. The molecule has 0 atom stereocenters. The maximum Gasteiger partial charge on any atom is 0.274 e. The Morgan fingerprint density at radius 1 is 1.22 bits per heavy atom. The van der Waals surface area contributed by atoms with Gasteiger partial charge in [-0.3, -0.25) is 14.4 Å². The van der Waals surface area contributed by atoms with Gasteiger partial charge in [-0.1, -0.05) is 18.2 Å².